The lowest BCUT2D eigenvalue weighted by Gasteiger charge is -2.33. The van der Waals surface area contributed by atoms with Crippen LogP contribution in [0.15, 0.2) is 36.4 Å². The van der Waals surface area contributed by atoms with Crippen molar-refractivity contribution in [3.8, 4) is 11.5 Å². The molecule has 180 valence electrons. The molecule has 2 atom stereocenters. The minimum Gasteiger partial charge on any atom is -0.485 e. The summed E-state index contributed by atoms with van der Waals surface area (Å²) in [5.41, 5.74) is 2.75. The van der Waals surface area contributed by atoms with E-state index in [2.05, 4.69) is 5.32 Å². The van der Waals surface area contributed by atoms with E-state index in [9.17, 15) is 14.4 Å². The summed E-state index contributed by atoms with van der Waals surface area (Å²) in [5.74, 6) is 0.237. The topological polar surface area (TPSA) is 94.2 Å². The van der Waals surface area contributed by atoms with Crippen LogP contribution in [0.1, 0.15) is 41.3 Å². The molecule has 2 aliphatic rings. The molecule has 2 heterocycles. The molecule has 8 nitrogen and oxygen atoms in total. The van der Waals surface area contributed by atoms with Crippen LogP contribution in [0.2, 0.25) is 0 Å². The second-order valence-electron chi connectivity index (χ2n) is 8.77. The standard InChI is InChI=1S/C26H30N2O6/c1-16-6-7-17(2)24(11-16)33-14-22(29)19-8-9-23-21(12-19)28(25(30)15-34-23)18(3)26(31)27-13-20-5-4-10-32-20/h6-9,11-12,18,20H,4-5,10,13-15H2,1-3H3,(H,27,31)/t18-,20-/m0/s1. The largest absolute Gasteiger partial charge is 0.485 e. The average Bonchev–Trinajstić information content (AvgIpc) is 3.35. The monoisotopic (exact) mass is 466 g/mol. The van der Waals surface area contributed by atoms with Gasteiger partial charge in [-0.25, -0.2) is 0 Å². The SMILES string of the molecule is Cc1ccc(C)c(OCC(=O)c2ccc3c(c2)N([C@@H](C)C(=O)NC[C@@H]2CCCO2)C(=O)CO3)c1. The summed E-state index contributed by atoms with van der Waals surface area (Å²) in [6.07, 6.45) is 1.89. The van der Waals surface area contributed by atoms with E-state index in [1.165, 1.54) is 4.90 Å². The van der Waals surface area contributed by atoms with Gasteiger partial charge >= 0.3 is 0 Å². The third-order valence-electron chi connectivity index (χ3n) is 6.16. The highest BCUT2D eigenvalue weighted by atomic mass is 16.5. The van der Waals surface area contributed by atoms with Gasteiger partial charge in [0.25, 0.3) is 5.91 Å². The van der Waals surface area contributed by atoms with E-state index in [-0.39, 0.29) is 36.9 Å². The van der Waals surface area contributed by atoms with Gasteiger partial charge in [-0.1, -0.05) is 12.1 Å². The van der Waals surface area contributed by atoms with E-state index in [4.69, 9.17) is 14.2 Å². The average molecular weight is 467 g/mol. The third-order valence-corrected chi connectivity index (χ3v) is 6.16. The third kappa shape index (κ3) is 5.22. The van der Waals surface area contributed by atoms with E-state index in [0.717, 1.165) is 24.0 Å². The first kappa shape index (κ1) is 23.8. The van der Waals surface area contributed by atoms with E-state index >= 15 is 0 Å². The van der Waals surface area contributed by atoms with Crippen molar-refractivity contribution in [2.45, 2.75) is 45.8 Å². The first-order valence-electron chi connectivity index (χ1n) is 11.5. The Hall–Kier alpha value is -3.39. The highest BCUT2D eigenvalue weighted by Crippen LogP contribution is 2.34. The minimum atomic E-state index is -0.770. The Morgan fingerprint density at radius 2 is 2.03 bits per heavy atom. The van der Waals surface area contributed by atoms with Crippen molar-refractivity contribution in [2.24, 2.45) is 0 Å². The van der Waals surface area contributed by atoms with Gasteiger partial charge in [-0.05, 0) is 69.0 Å². The predicted octanol–water partition coefficient (Wildman–Crippen LogP) is 2.97. The molecule has 0 bridgehead atoms. The van der Waals surface area contributed by atoms with Crippen LogP contribution in [0.5, 0.6) is 11.5 Å². The maximum Gasteiger partial charge on any atom is 0.265 e. The van der Waals surface area contributed by atoms with E-state index < -0.39 is 6.04 Å². The number of Topliss-reactive ketones (excluding diaryl/α,β-unsaturated/α-hetero) is 1. The van der Waals surface area contributed by atoms with Gasteiger partial charge < -0.3 is 19.5 Å². The van der Waals surface area contributed by atoms with Crippen LogP contribution in [-0.2, 0) is 14.3 Å². The van der Waals surface area contributed by atoms with Crippen LogP contribution in [-0.4, -0.2) is 56.1 Å². The molecule has 0 saturated carbocycles. The maximum atomic E-state index is 12.9. The van der Waals surface area contributed by atoms with Gasteiger partial charge in [-0.2, -0.15) is 0 Å². The number of nitrogens with zero attached hydrogens (tertiary/aromatic N) is 1. The number of ether oxygens (including phenoxy) is 3. The van der Waals surface area contributed by atoms with Crippen molar-refractivity contribution in [1.82, 2.24) is 5.32 Å². The number of hydrogen-bond acceptors (Lipinski definition) is 6. The molecule has 1 saturated heterocycles. The highest BCUT2D eigenvalue weighted by molar-refractivity contribution is 6.05. The van der Waals surface area contributed by atoms with Crippen molar-refractivity contribution < 1.29 is 28.6 Å². The fourth-order valence-electron chi connectivity index (χ4n) is 4.14. The fraction of sp³-hybridized carbons (Fsp3) is 0.423. The predicted molar refractivity (Wildman–Crippen MR) is 127 cm³/mol. The highest BCUT2D eigenvalue weighted by Gasteiger charge is 2.34. The molecule has 1 N–H and O–H groups in total. The first-order valence-corrected chi connectivity index (χ1v) is 11.5. The van der Waals surface area contributed by atoms with Crippen molar-refractivity contribution in [3.05, 3.63) is 53.1 Å². The first-order chi connectivity index (χ1) is 16.3. The molecule has 0 unspecified atom stereocenters. The smallest absolute Gasteiger partial charge is 0.265 e. The zero-order valence-corrected chi connectivity index (χ0v) is 19.8. The fourth-order valence-corrected chi connectivity index (χ4v) is 4.14. The second-order valence-corrected chi connectivity index (χ2v) is 8.77. The molecule has 0 aromatic heterocycles. The second kappa shape index (κ2) is 10.3. The zero-order valence-electron chi connectivity index (χ0n) is 19.8. The van der Waals surface area contributed by atoms with Gasteiger partial charge in [0, 0.05) is 18.7 Å². The van der Waals surface area contributed by atoms with Gasteiger partial charge in [-0.15, -0.1) is 0 Å². The zero-order chi connectivity index (χ0) is 24.2. The Balaban J connectivity index is 1.48. The van der Waals surface area contributed by atoms with Crippen LogP contribution in [0.3, 0.4) is 0 Å². The van der Waals surface area contributed by atoms with Gasteiger partial charge in [0.1, 0.15) is 17.5 Å². The molecule has 0 aliphatic carbocycles. The van der Waals surface area contributed by atoms with Crippen LogP contribution in [0.4, 0.5) is 5.69 Å². The van der Waals surface area contributed by atoms with Gasteiger partial charge in [0.2, 0.25) is 5.91 Å². The van der Waals surface area contributed by atoms with Crippen molar-refractivity contribution in [2.75, 3.05) is 31.3 Å². The summed E-state index contributed by atoms with van der Waals surface area (Å²) in [5, 5.41) is 2.87. The molecule has 1 fully saturated rings. The molecule has 2 aromatic carbocycles. The number of fused-ring (bicyclic) bond motifs is 1. The summed E-state index contributed by atoms with van der Waals surface area (Å²) in [7, 11) is 0. The number of ketones is 1. The summed E-state index contributed by atoms with van der Waals surface area (Å²) in [6, 6.07) is 9.93. The molecular weight excluding hydrogens is 436 g/mol. The van der Waals surface area contributed by atoms with Gasteiger partial charge in [0.15, 0.2) is 19.0 Å². The molecule has 34 heavy (non-hydrogen) atoms. The van der Waals surface area contributed by atoms with E-state index in [1.807, 2.05) is 32.0 Å². The number of benzene rings is 2. The Labute approximate surface area is 199 Å². The van der Waals surface area contributed by atoms with Crippen molar-refractivity contribution in [3.63, 3.8) is 0 Å². The molecule has 2 aromatic rings. The Bertz CT molecular complexity index is 1090. The molecule has 0 spiro atoms. The summed E-state index contributed by atoms with van der Waals surface area (Å²) < 4.78 is 16.9. The number of nitrogens with one attached hydrogen (secondary N) is 1. The molecule has 2 amide bonds. The number of hydrogen-bond donors (Lipinski definition) is 1. The number of carbonyl (C=O) groups excluding carboxylic acids is 3. The molecule has 2 aliphatic heterocycles. The summed E-state index contributed by atoms with van der Waals surface area (Å²) >= 11 is 0. The molecule has 8 heteroatoms. The lowest BCUT2D eigenvalue weighted by molar-refractivity contribution is -0.127. The lowest BCUT2D eigenvalue weighted by Crippen LogP contribution is -2.52. The lowest BCUT2D eigenvalue weighted by atomic mass is 10.1. The molecule has 4 rings (SSSR count). The Kier molecular flexibility index (Phi) is 7.17. The summed E-state index contributed by atoms with van der Waals surface area (Å²) in [6.45, 7) is 6.34. The maximum absolute atomic E-state index is 12.9. The van der Waals surface area contributed by atoms with E-state index in [1.54, 1.807) is 25.1 Å². The Morgan fingerprint density at radius 3 is 2.79 bits per heavy atom. The number of carbonyl (C=O) groups is 3. The molecular formula is C26H30N2O6. The normalized spacial score (nSPS) is 18.1. The quantitative estimate of drug-likeness (QED) is 0.601. The number of anilines is 1. The molecule has 0 radical (unpaired) electrons. The van der Waals surface area contributed by atoms with Crippen LogP contribution in [0.25, 0.3) is 0 Å². The minimum absolute atomic E-state index is 0.00471. The van der Waals surface area contributed by atoms with Crippen molar-refractivity contribution >= 4 is 23.3 Å². The number of rotatable bonds is 8. The van der Waals surface area contributed by atoms with Crippen LogP contribution < -0.4 is 19.7 Å². The van der Waals surface area contributed by atoms with Crippen LogP contribution in [0, 0.1) is 13.8 Å². The van der Waals surface area contributed by atoms with Gasteiger partial charge in [-0.3, -0.25) is 19.3 Å². The number of amides is 2. The van der Waals surface area contributed by atoms with Gasteiger partial charge in [0.05, 0.1) is 11.8 Å². The number of aryl methyl sites for hydroxylation is 2. The van der Waals surface area contributed by atoms with E-state index in [0.29, 0.717) is 35.9 Å². The van der Waals surface area contributed by atoms with Crippen LogP contribution >= 0.6 is 0 Å². The Morgan fingerprint density at radius 1 is 1.21 bits per heavy atom. The van der Waals surface area contributed by atoms with Crippen molar-refractivity contribution in [1.29, 1.82) is 0 Å². The summed E-state index contributed by atoms with van der Waals surface area (Å²) in [4.78, 5) is 39.8.